The Kier molecular flexibility index (Phi) is 7.13. The fourth-order valence-corrected chi connectivity index (χ4v) is 3.96. The van der Waals surface area contributed by atoms with Crippen LogP contribution in [0.15, 0.2) is 60.9 Å². The zero-order valence-corrected chi connectivity index (χ0v) is 19.4. The highest BCUT2D eigenvalue weighted by Gasteiger charge is 2.28. The summed E-state index contributed by atoms with van der Waals surface area (Å²) in [5, 5.41) is 0. The molecule has 3 aromatic rings. The average Bonchev–Trinajstić information content (AvgIpc) is 3.70. The molecule has 1 aliphatic carbocycles. The van der Waals surface area contributed by atoms with Gasteiger partial charge in [0, 0.05) is 31.0 Å². The minimum Gasteiger partial charge on any atom is -0.497 e. The molecule has 33 heavy (non-hydrogen) atoms. The monoisotopic (exact) mass is 446 g/mol. The van der Waals surface area contributed by atoms with E-state index >= 15 is 0 Å². The van der Waals surface area contributed by atoms with E-state index in [0.29, 0.717) is 29.5 Å². The van der Waals surface area contributed by atoms with E-state index in [0.717, 1.165) is 35.4 Å². The summed E-state index contributed by atoms with van der Waals surface area (Å²) < 4.78 is 16.2. The first-order valence-corrected chi connectivity index (χ1v) is 11.2. The van der Waals surface area contributed by atoms with E-state index in [2.05, 4.69) is 4.98 Å². The van der Waals surface area contributed by atoms with E-state index < -0.39 is 0 Å². The van der Waals surface area contributed by atoms with Crippen LogP contribution in [-0.2, 0) is 6.42 Å². The highest BCUT2D eigenvalue weighted by molar-refractivity contribution is 6.00. The fourth-order valence-electron chi connectivity index (χ4n) is 3.96. The number of pyridine rings is 1. The number of ether oxygens (including phenoxy) is 3. The lowest BCUT2D eigenvalue weighted by Crippen LogP contribution is -2.35. The Labute approximate surface area is 195 Å². The quantitative estimate of drug-likeness (QED) is 0.445. The molecule has 2 aromatic carbocycles. The van der Waals surface area contributed by atoms with Gasteiger partial charge in [-0.25, -0.2) is 0 Å². The third-order valence-corrected chi connectivity index (χ3v) is 6.01. The van der Waals surface area contributed by atoms with E-state index in [1.807, 2.05) is 53.4 Å². The van der Waals surface area contributed by atoms with Gasteiger partial charge in [0.2, 0.25) is 0 Å². The van der Waals surface area contributed by atoms with Gasteiger partial charge in [-0.05, 0) is 66.6 Å². The van der Waals surface area contributed by atoms with Crippen molar-refractivity contribution in [2.24, 2.45) is 5.92 Å². The van der Waals surface area contributed by atoms with Crippen LogP contribution in [0.25, 0.3) is 11.1 Å². The summed E-state index contributed by atoms with van der Waals surface area (Å²) in [6, 6.07) is 15.5. The summed E-state index contributed by atoms with van der Waals surface area (Å²) in [7, 11) is 4.90. The van der Waals surface area contributed by atoms with Crippen molar-refractivity contribution in [1.82, 2.24) is 9.88 Å². The van der Waals surface area contributed by atoms with E-state index in [4.69, 9.17) is 14.2 Å². The summed E-state index contributed by atoms with van der Waals surface area (Å²) in [6.45, 7) is 1.40. The maximum atomic E-state index is 13.7. The number of rotatable bonds is 10. The van der Waals surface area contributed by atoms with Crippen LogP contribution in [0.5, 0.6) is 17.2 Å². The molecule has 0 N–H and O–H groups in total. The Morgan fingerprint density at radius 3 is 2.55 bits per heavy atom. The number of methoxy groups -OCH3 is 3. The Morgan fingerprint density at radius 1 is 1.00 bits per heavy atom. The van der Waals surface area contributed by atoms with Crippen molar-refractivity contribution in [1.29, 1.82) is 0 Å². The van der Waals surface area contributed by atoms with Gasteiger partial charge in [0.05, 0.1) is 26.9 Å². The predicted octanol–water partition coefficient (Wildman–Crippen LogP) is 4.87. The van der Waals surface area contributed by atoms with Gasteiger partial charge < -0.3 is 19.1 Å². The molecule has 0 atom stereocenters. The first kappa shape index (κ1) is 22.6. The number of hydrogen-bond acceptors (Lipinski definition) is 5. The molecule has 1 fully saturated rings. The van der Waals surface area contributed by atoms with Gasteiger partial charge in [-0.2, -0.15) is 0 Å². The van der Waals surface area contributed by atoms with Crippen LogP contribution in [0, 0.1) is 5.92 Å². The van der Waals surface area contributed by atoms with Crippen LogP contribution in [0.4, 0.5) is 0 Å². The molecule has 0 spiro atoms. The van der Waals surface area contributed by atoms with Crippen LogP contribution in [0.2, 0.25) is 0 Å². The molecule has 1 amide bonds. The largest absolute Gasteiger partial charge is 0.497 e. The predicted molar refractivity (Wildman–Crippen MR) is 128 cm³/mol. The smallest absolute Gasteiger partial charge is 0.254 e. The Hall–Kier alpha value is -3.54. The first-order valence-electron chi connectivity index (χ1n) is 11.2. The minimum absolute atomic E-state index is 0.0302. The molecular formula is C27H30N2O4. The standard InChI is InChI=1S/C27H30N2O4/c1-31-22-6-4-5-21(16-22)24-17-28-13-11-23(24)27(30)29(18-20-7-8-20)14-12-19-9-10-25(32-2)26(15-19)33-3/h4-6,9-11,13,15-17,20H,7-8,12,14,18H2,1-3H3. The van der Waals surface area contributed by atoms with Crippen molar-refractivity contribution in [3.63, 3.8) is 0 Å². The SMILES string of the molecule is COc1cccc(-c2cnccc2C(=O)N(CCc2ccc(OC)c(OC)c2)CC2CC2)c1. The second-order valence-electron chi connectivity index (χ2n) is 8.29. The van der Waals surface area contributed by atoms with Crippen molar-refractivity contribution < 1.29 is 19.0 Å². The van der Waals surface area contributed by atoms with Gasteiger partial charge in [0.1, 0.15) is 5.75 Å². The molecule has 0 unspecified atom stereocenters. The Balaban J connectivity index is 1.58. The molecule has 0 aliphatic heterocycles. The van der Waals surface area contributed by atoms with Crippen LogP contribution in [-0.4, -0.2) is 50.2 Å². The summed E-state index contributed by atoms with van der Waals surface area (Å²) in [5.74, 6) is 2.76. The maximum Gasteiger partial charge on any atom is 0.254 e. The number of nitrogens with zero attached hydrogens (tertiary/aromatic N) is 2. The molecule has 0 saturated heterocycles. The molecule has 6 nitrogen and oxygen atoms in total. The molecule has 0 radical (unpaired) electrons. The average molecular weight is 447 g/mol. The summed E-state index contributed by atoms with van der Waals surface area (Å²) in [5.41, 5.74) is 3.49. The molecule has 1 aromatic heterocycles. The summed E-state index contributed by atoms with van der Waals surface area (Å²) >= 11 is 0. The lowest BCUT2D eigenvalue weighted by atomic mass is 10.0. The second kappa shape index (κ2) is 10.4. The number of benzene rings is 2. The fraction of sp³-hybridized carbons (Fsp3) is 0.333. The Bertz CT molecular complexity index is 1110. The zero-order valence-electron chi connectivity index (χ0n) is 19.4. The minimum atomic E-state index is 0.0302. The third kappa shape index (κ3) is 5.45. The molecular weight excluding hydrogens is 416 g/mol. The molecule has 1 saturated carbocycles. The highest BCUT2D eigenvalue weighted by atomic mass is 16.5. The molecule has 6 heteroatoms. The normalized spacial score (nSPS) is 12.8. The third-order valence-electron chi connectivity index (χ3n) is 6.01. The highest BCUT2D eigenvalue weighted by Crippen LogP contribution is 2.32. The van der Waals surface area contributed by atoms with Crippen molar-refractivity contribution in [3.05, 3.63) is 72.1 Å². The van der Waals surface area contributed by atoms with Gasteiger partial charge in [0.15, 0.2) is 11.5 Å². The number of carbonyl (C=O) groups is 1. The van der Waals surface area contributed by atoms with Gasteiger partial charge in [-0.3, -0.25) is 9.78 Å². The van der Waals surface area contributed by atoms with Crippen molar-refractivity contribution in [3.8, 4) is 28.4 Å². The molecule has 1 aliphatic rings. The molecule has 172 valence electrons. The topological polar surface area (TPSA) is 60.9 Å². The lowest BCUT2D eigenvalue weighted by Gasteiger charge is -2.24. The molecule has 0 bridgehead atoms. The number of aromatic nitrogens is 1. The van der Waals surface area contributed by atoms with Crippen molar-refractivity contribution in [2.45, 2.75) is 19.3 Å². The van der Waals surface area contributed by atoms with Crippen LogP contribution >= 0.6 is 0 Å². The summed E-state index contributed by atoms with van der Waals surface area (Å²) in [6.07, 6.45) is 6.53. The molecule has 4 rings (SSSR count). The lowest BCUT2D eigenvalue weighted by molar-refractivity contribution is 0.0750. The first-order chi connectivity index (χ1) is 16.1. The van der Waals surface area contributed by atoms with Crippen molar-refractivity contribution in [2.75, 3.05) is 34.4 Å². The van der Waals surface area contributed by atoms with Crippen LogP contribution in [0.3, 0.4) is 0 Å². The van der Waals surface area contributed by atoms with E-state index in [9.17, 15) is 4.79 Å². The number of hydrogen-bond donors (Lipinski definition) is 0. The Morgan fingerprint density at radius 2 is 1.82 bits per heavy atom. The summed E-state index contributed by atoms with van der Waals surface area (Å²) in [4.78, 5) is 20.0. The van der Waals surface area contributed by atoms with E-state index in [-0.39, 0.29) is 5.91 Å². The van der Waals surface area contributed by atoms with Gasteiger partial charge in [-0.1, -0.05) is 18.2 Å². The van der Waals surface area contributed by atoms with Crippen LogP contribution in [0.1, 0.15) is 28.8 Å². The van der Waals surface area contributed by atoms with E-state index in [1.54, 1.807) is 33.7 Å². The van der Waals surface area contributed by atoms with Gasteiger partial charge >= 0.3 is 0 Å². The number of carbonyl (C=O) groups excluding carboxylic acids is 1. The molecule has 1 heterocycles. The van der Waals surface area contributed by atoms with Gasteiger partial charge in [-0.15, -0.1) is 0 Å². The van der Waals surface area contributed by atoms with Crippen molar-refractivity contribution >= 4 is 5.91 Å². The zero-order chi connectivity index (χ0) is 23.2. The van der Waals surface area contributed by atoms with E-state index in [1.165, 1.54) is 12.8 Å². The second-order valence-corrected chi connectivity index (χ2v) is 8.29. The maximum absolute atomic E-state index is 13.7. The number of amides is 1. The van der Waals surface area contributed by atoms with Gasteiger partial charge in [0.25, 0.3) is 5.91 Å². The van der Waals surface area contributed by atoms with Crippen LogP contribution < -0.4 is 14.2 Å².